The number of nitrogens with zero attached hydrogens (tertiary/aromatic N) is 2. The molecule has 0 saturated heterocycles. The molecule has 4 aromatic rings. The Morgan fingerprint density at radius 1 is 0.755 bits per heavy atom. The first-order chi connectivity index (χ1) is 23.1. The molecule has 2 amide bonds. The van der Waals surface area contributed by atoms with Crippen LogP contribution in [0.3, 0.4) is 0 Å². The molecule has 0 heterocycles. The van der Waals surface area contributed by atoms with Gasteiger partial charge in [-0.2, -0.15) is 0 Å². The first kappa shape index (κ1) is 37.0. The number of methoxy groups -OCH3 is 2. The lowest BCUT2D eigenvalue weighted by atomic mass is 10.0. The molecule has 0 radical (unpaired) electrons. The molecule has 0 saturated carbocycles. The van der Waals surface area contributed by atoms with Crippen molar-refractivity contribution in [2.45, 2.75) is 71.0 Å². The molecule has 49 heavy (non-hydrogen) atoms. The Labute approximate surface area is 290 Å². The minimum absolute atomic E-state index is 0.0753. The van der Waals surface area contributed by atoms with Gasteiger partial charge in [0.05, 0.1) is 24.8 Å². The van der Waals surface area contributed by atoms with E-state index >= 15 is 0 Å². The maximum Gasteiger partial charge on any atom is 0.264 e. The number of hydrogen-bond donors (Lipinski definition) is 1. The van der Waals surface area contributed by atoms with Crippen LogP contribution in [0.1, 0.15) is 48.6 Å². The van der Waals surface area contributed by atoms with Crippen molar-refractivity contribution in [3.8, 4) is 11.5 Å². The monoisotopic (exact) mass is 685 g/mol. The molecule has 0 bridgehead atoms. The standard InChI is InChI=1S/C39H47N3O6S/c1-27-13-12-16-31(20-27)25-41(34(38(44)40-39(4,5)6)23-30-14-10-9-11-15-30)37(43)26-42(32-21-28(2)19-29(3)22-32)49(45,46)33-17-18-35(47-7)36(24-33)48-8/h9-22,24,34H,23,25-26H2,1-8H3,(H,40,44). The van der Waals surface area contributed by atoms with Crippen LogP contribution in [0.5, 0.6) is 11.5 Å². The van der Waals surface area contributed by atoms with Crippen LogP contribution in [0.15, 0.2) is 95.9 Å². The molecule has 4 aromatic carbocycles. The first-order valence-corrected chi connectivity index (χ1v) is 17.6. The van der Waals surface area contributed by atoms with Gasteiger partial charge < -0.3 is 19.7 Å². The SMILES string of the molecule is COc1ccc(S(=O)(=O)N(CC(=O)N(Cc2cccc(C)c2)C(Cc2ccccc2)C(=O)NC(C)(C)C)c2cc(C)cc(C)c2)cc1OC. The van der Waals surface area contributed by atoms with Gasteiger partial charge in [0.15, 0.2) is 11.5 Å². The van der Waals surface area contributed by atoms with Crippen molar-refractivity contribution in [1.82, 2.24) is 10.2 Å². The van der Waals surface area contributed by atoms with Gasteiger partial charge in [-0.3, -0.25) is 13.9 Å². The van der Waals surface area contributed by atoms with E-state index in [4.69, 9.17) is 9.47 Å². The largest absolute Gasteiger partial charge is 0.493 e. The first-order valence-electron chi connectivity index (χ1n) is 16.2. The smallest absolute Gasteiger partial charge is 0.264 e. The second-order valence-electron chi connectivity index (χ2n) is 13.3. The zero-order valence-corrected chi connectivity index (χ0v) is 30.4. The molecule has 0 fully saturated rings. The van der Waals surface area contributed by atoms with E-state index < -0.39 is 34.1 Å². The lowest BCUT2D eigenvalue weighted by molar-refractivity contribution is -0.140. The summed E-state index contributed by atoms with van der Waals surface area (Å²) in [5.41, 5.74) is 4.09. The fourth-order valence-corrected chi connectivity index (χ4v) is 7.16. The van der Waals surface area contributed by atoms with Crippen LogP contribution < -0.4 is 19.1 Å². The predicted molar refractivity (Wildman–Crippen MR) is 194 cm³/mol. The van der Waals surface area contributed by atoms with E-state index in [9.17, 15) is 18.0 Å². The summed E-state index contributed by atoms with van der Waals surface area (Å²) in [5, 5.41) is 3.06. The summed E-state index contributed by atoms with van der Waals surface area (Å²) in [5.74, 6) is -0.265. The average molecular weight is 686 g/mol. The number of rotatable bonds is 13. The zero-order valence-electron chi connectivity index (χ0n) is 29.6. The van der Waals surface area contributed by atoms with E-state index in [1.165, 1.54) is 37.3 Å². The molecule has 0 aromatic heterocycles. The maximum absolute atomic E-state index is 14.8. The minimum atomic E-state index is -4.34. The number of benzene rings is 4. The van der Waals surface area contributed by atoms with Gasteiger partial charge in [0.2, 0.25) is 11.8 Å². The maximum atomic E-state index is 14.8. The van der Waals surface area contributed by atoms with Crippen LogP contribution in [0.4, 0.5) is 5.69 Å². The van der Waals surface area contributed by atoms with Crippen LogP contribution in [0.2, 0.25) is 0 Å². The molecule has 0 aliphatic rings. The molecule has 260 valence electrons. The summed E-state index contributed by atoms with van der Waals surface area (Å²) in [7, 11) is -1.44. The highest BCUT2D eigenvalue weighted by Gasteiger charge is 2.36. The summed E-state index contributed by atoms with van der Waals surface area (Å²) < 4.78 is 41.0. The summed E-state index contributed by atoms with van der Waals surface area (Å²) in [6.45, 7) is 10.9. The van der Waals surface area contributed by atoms with Crippen molar-refractivity contribution >= 4 is 27.5 Å². The highest BCUT2D eigenvalue weighted by atomic mass is 32.2. The van der Waals surface area contributed by atoms with E-state index in [-0.39, 0.29) is 29.5 Å². The molecule has 1 atom stereocenters. The molecular formula is C39H47N3O6S. The van der Waals surface area contributed by atoms with Gasteiger partial charge in [0.25, 0.3) is 10.0 Å². The fraction of sp³-hybridized carbons (Fsp3) is 0.333. The summed E-state index contributed by atoms with van der Waals surface area (Å²) in [6, 6.07) is 26.0. The number of amides is 2. The number of nitrogens with one attached hydrogen (secondary N) is 1. The highest BCUT2D eigenvalue weighted by Crippen LogP contribution is 2.33. The van der Waals surface area contributed by atoms with Crippen molar-refractivity contribution in [1.29, 1.82) is 0 Å². The second kappa shape index (κ2) is 15.6. The third-order valence-electron chi connectivity index (χ3n) is 7.92. The van der Waals surface area contributed by atoms with Crippen molar-refractivity contribution < 1.29 is 27.5 Å². The third-order valence-corrected chi connectivity index (χ3v) is 9.69. The Morgan fingerprint density at radius 3 is 1.98 bits per heavy atom. The zero-order chi connectivity index (χ0) is 35.9. The van der Waals surface area contributed by atoms with Gasteiger partial charge in [-0.1, -0.05) is 66.2 Å². The van der Waals surface area contributed by atoms with Gasteiger partial charge in [-0.25, -0.2) is 8.42 Å². The lowest BCUT2D eigenvalue weighted by Crippen LogP contribution is -2.56. The van der Waals surface area contributed by atoms with Gasteiger partial charge in [0.1, 0.15) is 12.6 Å². The van der Waals surface area contributed by atoms with Crippen molar-refractivity contribution in [2.24, 2.45) is 0 Å². The topological polar surface area (TPSA) is 105 Å². The van der Waals surface area contributed by atoms with E-state index in [1.807, 2.05) is 102 Å². The van der Waals surface area contributed by atoms with Crippen LogP contribution in [-0.2, 0) is 32.6 Å². The van der Waals surface area contributed by atoms with E-state index in [0.29, 0.717) is 11.4 Å². The van der Waals surface area contributed by atoms with Crippen LogP contribution in [0, 0.1) is 20.8 Å². The molecule has 0 aliphatic carbocycles. The van der Waals surface area contributed by atoms with E-state index in [1.54, 1.807) is 12.1 Å². The van der Waals surface area contributed by atoms with Crippen LogP contribution in [-0.4, -0.2) is 57.5 Å². The van der Waals surface area contributed by atoms with Crippen LogP contribution >= 0.6 is 0 Å². The Hall–Kier alpha value is -4.83. The molecular weight excluding hydrogens is 639 g/mol. The van der Waals surface area contributed by atoms with Crippen molar-refractivity contribution in [3.05, 3.63) is 119 Å². The Bertz CT molecular complexity index is 1870. The molecule has 1 unspecified atom stereocenters. The predicted octanol–water partition coefficient (Wildman–Crippen LogP) is 6.38. The summed E-state index contributed by atoms with van der Waals surface area (Å²) >= 11 is 0. The summed E-state index contributed by atoms with van der Waals surface area (Å²) in [6.07, 6.45) is 0.228. The number of sulfonamides is 1. The quantitative estimate of drug-likeness (QED) is 0.175. The number of hydrogen-bond acceptors (Lipinski definition) is 6. The highest BCUT2D eigenvalue weighted by molar-refractivity contribution is 7.92. The van der Waals surface area contributed by atoms with Crippen LogP contribution in [0.25, 0.3) is 0 Å². The molecule has 0 spiro atoms. The summed E-state index contributed by atoms with van der Waals surface area (Å²) in [4.78, 5) is 30.3. The Balaban J connectivity index is 1.87. The second-order valence-corrected chi connectivity index (χ2v) is 15.2. The molecule has 9 nitrogen and oxygen atoms in total. The number of ether oxygens (including phenoxy) is 2. The Kier molecular flexibility index (Phi) is 11.8. The number of aryl methyl sites for hydroxylation is 3. The van der Waals surface area contributed by atoms with Gasteiger partial charge in [0, 0.05) is 24.6 Å². The average Bonchev–Trinajstić information content (AvgIpc) is 3.03. The number of carbonyl (C=O) groups is 2. The molecule has 1 N–H and O–H groups in total. The number of anilines is 1. The number of carbonyl (C=O) groups excluding carboxylic acids is 2. The molecule has 0 aliphatic heterocycles. The lowest BCUT2D eigenvalue weighted by Gasteiger charge is -2.35. The normalized spacial score (nSPS) is 12.2. The van der Waals surface area contributed by atoms with Gasteiger partial charge in [-0.05, 0) is 88.1 Å². The van der Waals surface area contributed by atoms with E-state index in [0.717, 1.165) is 32.1 Å². The Morgan fingerprint density at radius 2 is 1.39 bits per heavy atom. The van der Waals surface area contributed by atoms with Crippen molar-refractivity contribution in [2.75, 3.05) is 25.1 Å². The van der Waals surface area contributed by atoms with Crippen molar-refractivity contribution in [3.63, 3.8) is 0 Å². The van der Waals surface area contributed by atoms with E-state index in [2.05, 4.69) is 5.32 Å². The fourth-order valence-electron chi connectivity index (χ4n) is 5.74. The minimum Gasteiger partial charge on any atom is -0.493 e. The molecule has 10 heteroatoms. The van der Waals surface area contributed by atoms with Gasteiger partial charge in [-0.15, -0.1) is 0 Å². The molecule has 4 rings (SSSR count). The van der Waals surface area contributed by atoms with Gasteiger partial charge >= 0.3 is 0 Å². The third kappa shape index (κ3) is 9.63.